The molecule has 0 bridgehead atoms. The Balaban J connectivity index is 1.35. The smallest absolute Gasteiger partial charge is 0.317 e. The van der Waals surface area contributed by atoms with Crippen molar-refractivity contribution in [3.8, 4) is 0 Å². The summed E-state index contributed by atoms with van der Waals surface area (Å²) in [6.45, 7) is 4.95. The molecule has 3 amide bonds. The second-order valence-corrected chi connectivity index (χ2v) is 7.60. The molecule has 0 spiro atoms. The Hall–Kier alpha value is -2.60. The van der Waals surface area contributed by atoms with Crippen LogP contribution in [0.25, 0.3) is 10.8 Å². The van der Waals surface area contributed by atoms with Gasteiger partial charge in [-0.25, -0.2) is 4.79 Å². The van der Waals surface area contributed by atoms with E-state index >= 15 is 0 Å². The molecule has 2 aliphatic heterocycles. The fraction of sp³-hybridized carbons (Fsp3) is 0.455. The average Bonchev–Trinajstić information content (AvgIpc) is 3.28. The Bertz CT molecular complexity index is 850. The molecule has 1 N–H and O–H groups in total. The fourth-order valence-corrected chi connectivity index (χ4v) is 4.07. The van der Waals surface area contributed by atoms with Crippen molar-refractivity contribution in [1.82, 2.24) is 15.1 Å². The zero-order chi connectivity index (χ0) is 19.5. The number of piperazine rings is 1. The first kappa shape index (κ1) is 18.7. The number of benzene rings is 2. The van der Waals surface area contributed by atoms with Gasteiger partial charge in [0.15, 0.2) is 0 Å². The van der Waals surface area contributed by atoms with Crippen LogP contribution in [0.15, 0.2) is 42.5 Å². The molecule has 28 heavy (non-hydrogen) atoms. The highest BCUT2D eigenvalue weighted by Gasteiger charge is 2.28. The molecular formula is C22H27N3O3. The zero-order valence-corrected chi connectivity index (χ0v) is 16.3. The van der Waals surface area contributed by atoms with Crippen LogP contribution in [0.5, 0.6) is 0 Å². The van der Waals surface area contributed by atoms with Gasteiger partial charge in [0, 0.05) is 38.3 Å². The van der Waals surface area contributed by atoms with Crippen molar-refractivity contribution >= 4 is 22.7 Å². The summed E-state index contributed by atoms with van der Waals surface area (Å²) in [6.07, 6.45) is 2.16. The molecule has 0 unspecified atom stereocenters. The van der Waals surface area contributed by atoms with Crippen LogP contribution >= 0.6 is 0 Å². The second-order valence-electron chi connectivity index (χ2n) is 7.60. The molecule has 2 atom stereocenters. The Kier molecular flexibility index (Phi) is 5.48. The van der Waals surface area contributed by atoms with Gasteiger partial charge < -0.3 is 19.9 Å². The Morgan fingerprint density at radius 3 is 2.50 bits per heavy atom. The average molecular weight is 381 g/mol. The molecule has 0 aliphatic carbocycles. The maximum atomic E-state index is 13.0. The molecule has 0 saturated carbocycles. The standard InChI is InChI=1S/C22H27N3O3/c1-16(20-10-5-15-28-20)23-22(27)25-13-11-24(12-14-25)21(26)19-9-4-7-17-6-2-3-8-18(17)19/h2-4,6-9,16,20H,5,10-15H2,1H3,(H,23,27)/t16-,20-/m0/s1. The number of hydrogen-bond acceptors (Lipinski definition) is 3. The van der Waals surface area contributed by atoms with Crippen LogP contribution in [0.3, 0.4) is 0 Å². The molecule has 6 heteroatoms. The van der Waals surface area contributed by atoms with Gasteiger partial charge in [-0.15, -0.1) is 0 Å². The minimum absolute atomic E-state index is 0.00495. The van der Waals surface area contributed by atoms with E-state index in [1.165, 1.54) is 0 Å². The first-order chi connectivity index (χ1) is 13.6. The number of rotatable bonds is 3. The first-order valence-corrected chi connectivity index (χ1v) is 10.1. The first-order valence-electron chi connectivity index (χ1n) is 10.1. The number of fused-ring (bicyclic) bond motifs is 1. The van der Waals surface area contributed by atoms with Crippen LogP contribution in [-0.2, 0) is 4.74 Å². The van der Waals surface area contributed by atoms with Crippen LogP contribution in [0.1, 0.15) is 30.1 Å². The van der Waals surface area contributed by atoms with Crippen molar-refractivity contribution in [1.29, 1.82) is 0 Å². The number of nitrogens with one attached hydrogen (secondary N) is 1. The van der Waals surface area contributed by atoms with Crippen molar-refractivity contribution in [3.05, 3.63) is 48.0 Å². The van der Waals surface area contributed by atoms with Gasteiger partial charge >= 0.3 is 6.03 Å². The molecule has 2 fully saturated rings. The van der Waals surface area contributed by atoms with E-state index in [0.717, 1.165) is 35.8 Å². The van der Waals surface area contributed by atoms with Crippen LogP contribution in [0.2, 0.25) is 0 Å². The summed E-state index contributed by atoms with van der Waals surface area (Å²) in [6, 6.07) is 13.7. The van der Waals surface area contributed by atoms with Crippen LogP contribution in [-0.4, -0.2) is 66.7 Å². The molecule has 148 valence electrons. The van der Waals surface area contributed by atoms with Gasteiger partial charge in [0.05, 0.1) is 12.1 Å². The molecule has 2 aliphatic rings. The number of hydrogen-bond donors (Lipinski definition) is 1. The molecule has 0 aromatic heterocycles. The van der Waals surface area contributed by atoms with Crippen LogP contribution in [0, 0.1) is 0 Å². The fourth-order valence-electron chi connectivity index (χ4n) is 4.07. The van der Waals surface area contributed by atoms with E-state index in [1.54, 1.807) is 4.90 Å². The molecular weight excluding hydrogens is 354 g/mol. The maximum absolute atomic E-state index is 13.0. The van der Waals surface area contributed by atoms with Gasteiger partial charge in [0.25, 0.3) is 5.91 Å². The molecule has 2 saturated heterocycles. The van der Waals surface area contributed by atoms with Gasteiger partial charge in [-0.2, -0.15) is 0 Å². The minimum atomic E-state index is -0.0692. The summed E-state index contributed by atoms with van der Waals surface area (Å²) in [5, 5.41) is 5.09. The van der Waals surface area contributed by atoms with Crippen LogP contribution < -0.4 is 5.32 Å². The third kappa shape index (κ3) is 3.83. The summed E-state index contributed by atoms with van der Waals surface area (Å²) in [5.41, 5.74) is 0.725. The molecule has 2 aromatic carbocycles. The summed E-state index contributed by atoms with van der Waals surface area (Å²) < 4.78 is 5.65. The van der Waals surface area contributed by atoms with Gasteiger partial charge in [-0.1, -0.05) is 36.4 Å². The quantitative estimate of drug-likeness (QED) is 0.889. The molecule has 4 rings (SSSR count). The van der Waals surface area contributed by atoms with E-state index in [9.17, 15) is 9.59 Å². The van der Waals surface area contributed by atoms with E-state index in [0.29, 0.717) is 26.2 Å². The summed E-state index contributed by atoms with van der Waals surface area (Å²) in [5.74, 6) is 0.0320. The lowest BCUT2D eigenvalue weighted by atomic mass is 10.0. The van der Waals surface area contributed by atoms with Gasteiger partial charge in [-0.05, 0) is 36.6 Å². The van der Waals surface area contributed by atoms with Crippen molar-refractivity contribution in [2.45, 2.75) is 31.9 Å². The topological polar surface area (TPSA) is 61.9 Å². The van der Waals surface area contributed by atoms with Crippen molar-refractivity contribution in [2.24, 2.45) is 0 Å². The van der Waals surface area contributed by atoms with Crippen molar-refractivity contribution in [3.63, 3.8) is 0 Å². The number of carbonyl (C=O) groups excluding carboxylic acids is 2. The summed E-state index contributed by atoms with van der Waals surface area (Å²) in [7, 11) is 0. The van der Waals surface area contributed by atoms with E-state index in [4.69, 9.17) is 4.74 Å². The van der Waals surface area contributed by atoms with Gasteiger partial charge in [0.1, 0.15) is 0 Å². The summed E-state index contributed by atoms with van der Waals surface area (Å²) >= 11 is 0. The van der Waals surface area contributed by atoms with E-state index in [1.807, 2.05) is 54.3 Å². The predicted octanol–water partition coefficient (Wildman–Crippen LogP) is 2.87. The number of ether oxygens (including phenoxy) is 1. The number of urea groups is 1. The minimum Gasteiger partial charge on any atom is -0.376 e. The SMILES string of the molecule is C[C@H](NC(=O)N1CCN(C(=O)c2cccc3ccccc23)CC1)[C@@H]1CCCO1. The van der Waals surface area contributed by atoms with Crippen LogP contribution in [0.4, 0.5) is 4.79 Å². The Morgan fingerprint density at radius 1 is 1.04 bits per heavy atom. The Labute approximate surface area is 165 Å². The molecule has 2 aromatic rings. The zero-order valence-electron chi connectivity index (χ0n) is 16.3. The van der Waals surface area contributed by atoms with Gasteiger partial charge in [-0.3, -0.25) is 4.79 Å². The highest BCUT2D eigenvalue weighted by atomic mass is 16.5. The maximum Gasteiger partial charge on any atom is 0.317 e. The molecule has 6 nitrogen and oxygen atoms in total. The lowest BCUT2D eigenvalue weighted by Gasteiger charge is -2.36. The van der Waals surface area contributed by atoms with Gasteiger partial charge in [0.2, 0.25) is 0 Å². The van der Waals surface area contributed by atoms with E-state index < -0.39 is 0 Å². The second kappa shape index (κ2) is 8.19. The van der Waals surface area contributed by atoms with Crippen molar-refractivity contribution < 1.29 is 14.3 Å². The van der Waals surface area contributed by atoms with E-state index in [-0.39, 0.29) is 24.1 Å². The largest absolute Gasteiger partial charge is 0.376 e. The normalized spacial score (nSPS) is 21.0. The lowest BCUT2D eigenvalue weighted by Crippen LogP contribution is -2.55. The Morgan fingerprint density at radius 2 is 1.75 bits per heavy atom. The predicted molar refractivity (Wildman–Crippen MR) is 108 cm³/mol. The number of carbonyl (C=O) groups is 2. The summed E-state index contributed by atoms with van der Waals surface area (Å²) in [4.78, 5) is 29.2. The van der Waals surface area contributed by atoms with E-state index in [2.05, 4.69) is 5.32 Å². The lowest BCUT2D eigenvalue weighted by molar-refractivity contribution is 0.0644. The number of amides is 3. The highest BCUT2D eigenvalue weighted by molar-refractivity contribution is 6.07. The van der Waals surface area contributed by atoms with Crippen molar-refractivity contribution in [2.75, 3.05) is 32.8 Å². The molecule has 2 heterocycles. The molecule has 0 radical (unpaired) electrons. The monoisotopic (exact) mass is 381 g/mol. The highest BCUT2D eigenvalue weighted by Crippen LogP contribution is 2.21. The third-order valence-corrected chi connectivity index (χ3v) is 5.75. The number of nitrogens with zero attached hydrogens (tertiary/aromatic N) is 2. The third-order valence-electron chi connectivity index (χ3n) is 5.75.